The lowest BCUT2D eigenvalue weighted by Crippen LogP contribution is -2.23. The number of rotatable bonds is 4. The van der Waals surface area contributed by atoms with Gasteiger partial charge in [-0.3, -0.25) is 4.79 Å². The fourth-order valence-corrected chi connectivity index (χ4v) is 1.28. The second-order valence-electron chi connectivity index (χ2n) is 2.89. The number of aliphatic hydroxyl groups is 1. The molecule has 0 radical (unpaired) electrons. The molecular weight excluding hydrogens is 246 g/mol. The molecule has 0 aliphatic heterocycles. The fraction of sp³-hybridized carbons (Fsp3) is 0.300. The predicted molar refractivity (Wildman–Crippen MR) is 58.0 cm³/mol. The van der Waals surface area contributed by atoms with E-state index in [1.165, 1.54) is 0 Å². The van der Waals surface area contributed by atoms with Crippen LogP contribution >= 0.6 is 15.9 Å². The summed E-state index contributed by atoms with van der Waals surface area (Å²) in [4.78, 5) is 10.9. The number of carbonyl (C=O) groups is 1. The molecule has 1 aromatic carbocycles. The van der Waals surface area contributed by atoms with Gasteiger partial charge in [0, 0.05) is 6.54 Å². The maximum Gasteiger partial charge on any atom is 0.230 e. The van der Waals surface area contributed by atoms with Gasteiger partial charge >= 0.3 is 0 Å². The first-order valence-corrected chi connectivity index (χ1v) is 5.39. The van der Waals surface area contributed by atoms with Crippen LogP contribution in [0, 0.1) is 0 Å². The zero-order valence-electron chi connectivity index (χ0n) is 7.66. The minimum Gasteiger partial charge on any atom is -0.392 e. The molecule has 76 valence electrons. The molecule has 2 N–H and O–H groups in total. The smallest absolute Gasteiger partial charge is 0.230 e. The van der Waals surface area contributed by atoms with E-state index < -0.39 is 0 Å². The summed E-state index contributed by atoms with van der Waals surface area (Å²) >= 11 is 3.06. The predicted octanol–water partition coefficient (Wildman–Crippen LogP) is 1.19. The first kappa shape index (κ1) is 11.2. The number of halogens is 1. The summed E-state index contributed by atoms with van der Waals surface area (Å²) in [6.07, 6.45) is 0. The van der Waals surface area contributed by atoms with Crippen molar-refractivity contribution in [1.82, 2.24) is 5.32 Å². The van der Waals surface area contributed by atoms with E-state index >= 15 is 0 Å². The highest BCUT2D eigenvalue weighted by Gasteiger charge is 1.98. The molecule has 0 saturated carbocycles. The summed E-state index contributed by atoms with van der Waals surface area (Å²) in [6, 6.07) is 7.49. The van der Waals surface area contributed by atoms with Crippen LogP contribution < -0.4 is 5.32 Å². The van der Waals surface area contributed by atoms with Crippen LogP contribution in [0.4, 0.5) is 0 Å². The Morgan fingerprint density at radius 1 is 1.43 bits per heavy atom. The summed E-state index contributed by atoms with van der Waals surface area (Å²) in [5.41, 5.74) is 1.85. The van der Waals surface area contributed by atoms with E-state index in [9.17, 15) is 4.79 Å². The largest absolute Gasteiger partial charge is 0.392 e. The van der Waals surface area contributed by atoms with E-state index in [0.29, 0.717) is 11.9 Å². The number of hydrogen-bond donors (Lipinski definition) is 2. The molecule has 0 aliphatic carbocycles. The summed E-state index contributed by atoms with van der Waals surface area (Å²) in [5.74, 6) is -0.0422. The van der Waals surface area contributed by atoms with Crippen molar-refractivity contribution in [1.29, 1.82) is 0 Å². The fourth-order valence-electron chi connectivity index (χ4n) is 1.09. The Labute approximate surface area is 91.3 Å². The highest BCUT2D eigenvalue weighted by atomic mass is 79.9. The number of hydrogen-bond acceptors (Lipinski definition) is 2. The molecule has 0 aromatic heterocycles. The van der Waals surface area contributed by atoms with Gasteiger partial charge in [-0.15, -0.1) is 0 Å². The molecule has 0 aliphatic rings. The first-order valence-electron chi connectivity index (χ1n) is 4.27. The van der Waals surface area contributed by atoms with Crippen molar-refractivity contribution in [3.63, 3.8) is 0 Å². The van der Waals surface area contributed by atoms with Crippen LogP contribution in [-0.4, -0.2) is 16.3 Å². The summed E-state index contributed by atoms with van der Waals surface area (Å²) in [5, 5.41) is 11.9. The van der Waals surface area contributed by atoms with Gasteiger partial charge in [0.05, 0.1) is 11.9 Å². The average molecular weight is 258 g/mol. The third kappa shape index (κ3) is 3.47. The Kier molecular flexibility index (Phi) is 4.62. The quantitative estimate of drug-likeness (QED) is 0.797. The SMILES string of the molecule is O=C(CBr)NCc1cccc(CO)c1. The highest BCUT2D eigenvalue weighted by Crippen LogP contribution is 2.04. The van der Waals surface area contributed by atoms with Crippen molar-refractivity contribution in [2.45, 2.75) is 13.2 Å². The van der Waals surface area contributed by atoms with Crippen LogP contribution in [0.15, 0.2) is 24.3 Å². The average Bonchev–Trinajstić information content (AvgIpc) is 2.26. The minimum absolute atomic E-state index is 0.0280. The topological polar surface area (TPSA) is 49.3 Å². The van der Waals surface area contributed by atoms with Crippen LogP contribution in [0.5, 0.6) is 0 Å². The van der Waals surface area contributed by atoms with Crippen LogP contribution in [-0.2, 0) is 17.9 Å². The van der Waals surface area contributed by atoms with Crippen LogP contribution in [0.3, 0.4) is 0 Å². The molecule has 0 fully saturated rings. The van der Waals surface area contributed by atoms with Gasteiger partial charge in [-0.25, -0.2) is 0 Å². The molecule has 1 aromatic rings. The molecule has 14 heavy (non-hydrogen) atoms. The molecule has 0 spiro atoms. The molecule has 4 heteroatoms. The number of carbonyl (C=O) groups excluding carboxylic acids is 1. The van der Waals surface area contributed by atoms with Gasteiger partial charge in [0.15, 0.2) is 0 Å². The molecule has 0 atom stereocenters. The van der Waals surface area contributed by atoms with E-state index in [2.05, 4.69) is 21.2 Å². The van der Waals surface area contributed by atoms with Crippen molar-refractivity contribution >= 4 is 21.8 Å². The van der Waals surface area contributed by atoms with Gasteiger partial charge in [0.25, 0.3) is 0 Å². The molecule has 3 nitrogen and oxygen atoms in total. The third-order valence-electron chi connectivity index (χ3n) is 1.79. The summed E-state index contributed by atoms with van der Waals surface area (Å²) < 4.78 is 0. The lowest BCUT2D eigenvalue weighted by Gasteiger charge is -2.04. The maximum absolute atomic E-state index is 10.9. The number of benzene rings is 1. The molecule has 1 amide bonds. The van der Waals surface area contributed by atoms with Crippen LogP contribution in [0.2, 0.25) is 0 Å². The second-order valence-corrected chi connectivity index (χ2v) is 3.45. The van der Waals surface area contributed by atoms with Crippen molar-refractivity contribution < 1.29 is 9.90 Å². The lowest BCUT2D eigenvalue weighted by molar-refractivity contribution is -0.118. The van der Waals surface area contributed by atoms with Gasteiger partial charge in [-0.2, -0.15) is 0 Å². The summed E-state index contributed by atoms with van der Waals surface area (Å²) in [7, 11) is 0. The van der Waals surface area contributed by atoms with Crippen LogP contribution in [0.1, 0.15) is 11.1 Å². The van der Waals surface area contributed by atoms with Gasteiger partial charge in [0.2, 0.25) is 5.91 Å². The second kappa shape index (κ2) is 5.78. The zero-order valence-corrected chi connectivity index (χ0v) is 9.25. The van der Waals surface area contributed by atoms with E-state index in [1.807, 2.05) is 24.3 Å². The lowest BCUT2D eigenvalue weighted by atomic mass is 10.1. The van der Waals surface area contributed by atoms with Crippen molar-refractivity contribution in [3.8, 4) is 0 Å². The van der Waals surface area contributed by atoms with E-state index in [-0.39, 0.29) is 12.5 Å². The standard InChI is InChI=1S/C10H12BrNO2/c11-5-10(14)12-6-8-2-1-3-9(4-8)7-13/h1-4,13H,5-7H2,(H,12,14). The maximum atomic E-state index is 10.9. The van der Waals surface area contributed by atoms with Crippen molar-refractivity contribution in [3.05, 3.63) is 35.4 Å². The Morgan fingerprint density at radius 2 is 2.14 bits per heavy atom. The van der Waals surface area contributed by atoms with E-state index in [1.54, 1.807) is 0 Å². The minimum atomic E-state index is -0.0422. The third-order valence-corrected chi connectivity index (χ3v) is 2.29. The van der Waals surface area contributed by atoms with Crippen molar-refractivity contribution in [2.24, 2.45) is 0 Å². The number of alkyl halides is 1. The Balaban J connectivity index is 2.54. The molecule has 0 unspecified atom stereocenters. The molecule has 0 bridgehead atoms. The monoisotopic (exact) mass is 257 g/mol. The normalized spacial score (nSPS) is 9.86. The van der Waals surface area contributed by atoms with Crippen molar-refractivity contribution in [2.75, 3.05) is 5.33 Å². The molecule has 1 rings (SSSR count). The Hall–Kier alpha value is -0.870. The van der Waals surface area contributed by atoms with E-state index in [0.717, 1.165) is 11.1 Å². The summed E-state index contributed by atoms with van der Waals surface area (Å²) in [6.45, 7) is 0.526. The Bertz CT molecular complexity index is 315. The molecule has 0 saturated heterocycles. The zero-order chi connectivity index (χ0) is 10.4. The highest BCUT2D eigenvalue weighted by molar-refractivity contribution is 9.09. The van der Waals surface area contributed by atoms with Crippen LogP contribution in [0.25, 0.3) is 0 Å². The number of nitrogens with one attached hydrogen (secondary N) is 1. The van der Waals surface area contributed by atoms with Gasteiger partial charge in [-0.1, -0.05) is 40.2 Å². The number of amides is 1. The molecule has 0 heterocycles. The van der Waals surface area contributed by atoms with Gasteiger partial charge < -0.3 is 10.4 Å². The number of aliphatic hydroxyl groups excluding tert-OH is 1. The first-order chi connectivity index (χ1) is 6.76. The van der Waals surface area contributed by atoms with Gasteiger partial charge in [-0.05, 0) is 11.1 Å². The van der Waals surface area contributed by atoms with Gasteiger partial charge in [0.1, 0.15) is 0 Å². The van der Waals surface area contributed by atoms with E-state index in [4.69, 9.17) is 5.11 Å². The Morgan fingerprint density at radius 3 is 2.79 bits per heavy atom. The molecular formula is C10H12BrNO2.